The van der Waals surface area contributed by atoms with Crippen LogP contribution in [0.3, 0.4) is 0 Å². The molecular formula is C13H10BrIN2O2. The first-order valence-electron chi connectivity index (χ1n) is 5.43. The molecule has 6 heteroatoms. The van der Waals surface area contributed by atoms with Crippen molar-refractivity contribution in [2.75, 3.05) is 5.32 Å². The van der Waals surface area contributed by atoms with Crippen LogP contribution in [0.4, 0.5) is 5.69 Å². The van der Waals surface area contributed by atoms with E-state index in [9.17, 15) is 9.59 Å². The minimum Gasteiger partial charge on any atom is -0.326 e. The Bertz CT molecular complexity index is 697. The Morgan fingerprint density at radius 1 is 1.32 bits per heavy atom. The monoisotopic (exact) mass is 432 g/mol. The molecule has 2 aromatic rings. The molecule has 0 saturated heterocycles. The van der Waals surface area contributed by atoms with Crippen LogP contribution in [0.2, 0.25) is 0 Å². The van der Waals surface area contributed by atoms with E-state index in [4.69, 9.17) is 0 Å². The van der Waals surface area contributed by atoms with Gasteiger partial charge in [-0.1, -0.05) is 15.9 Å². The lowest BCUT2D eigenvalue weighted by Gasteiger charge is -2.07. The predicted octanol–water partition coefficient (Wildman–Crippen LogP) is 3.30. The minimum atomic E-state index is -0.419. The molecule has 1 aromatic heterocycles. The summed E-state index contributed by atoms with van der Waals surface area (Å²) in [5.41, 5.74) is 1.10. The maximum atomic E-state index is 12.1. The molecule has 0 spiro atoms. The van der Waals surface area contributed by atoms with Gasteiger partial charge in [-0.25, -0.2) is 0 Å². The molecule has 0 aliphatic rings. The van der Waals surface area contributed by atoms with E-state index in [-0.39, 0.29) is 11.1 Å². The molecule has 98 valence electrons. The molecule has 0 fully saturated rings. The number of benzene rings is 1. The van der Waals surface area contributed by atoms with Gasteiger partial charge in [-0.15, -0.1) is 0 Å². The number of anilines is 1. The van der Waals surface area contributed by atoms with Crippen LogP contribution in [0.1, 0.15) is 16.1 Å². The van der Waals surface area contributed by atoms with Crippen LogP contribution in [0.15, 0.2) is 39.6 Å². The summed E-state index contributed by atoms with van der Waals surface area (Å²) in [5, 5.41) is 2.73. The van der Waals surface area contributed by atoms with E-state index in [1.54, 1.807) is 19.1 Å². The van der Waals surface area contributed by atoms with Crippen molar-refractivity contribution in [3.05, 3.63) is 60.0 Å². The number of halogens is 2. The van der Waals surface area contributed by atoms with Gasteiger partial charge in [0.15, 0.2) is 0 Å². The van der Waals surface area contributed by atoms with E-state index in [1.807, 2.05) is 12.1 Å². The molecular weight excluding hydrogens is 423 g/mol. The third-order valence-electron chi connectivity index (χ3n) is 2.48. The number of carbonyl (C=O) groups is 1. The second kappa shape index (κ2) is 5.87. The lowest BCUT2D eigenvalue weighted by molar-refractivity contribution is 0.102. The van der Waals surface area contributed by atoms with Gasteiger partial charge in [-0.05, 0) is 59.8 Å². The van der Waals surface area contributed by atoms with E-state index in [0.717, 1.165) is 13.7 Å². The summed E-state index contributed by atoms with van der Waals surface area (Å²) >= 11 is 5.47. The lowest BCUT2D eigenvalue weighted by atomic mass is 10.2. The first kappa shape index (κ1) is 14.3. The van der Waals surface area contributed by atoms with E-state index in [1.165, 1.54) is 6.07 Å². The molecule has 0 unspecified atom stereocenters. The molecule has 0 aliphatic carbocycles. The maximum absolute atomic E-state index is 12.1. The molecule has 0 aliphatic heterocycles. The molecule has 0 bridgehead atoms. The van der Waals surface area contributed by atoms with Crippen LogP contribution in [-0.2, 0) is 0 Å². The summed E-state index contributed by atoms with van der Waals surface area (Å²) in [7, 11) is 0. The number of aromatic amines is 1. The van der Waals surface area contributed by atoms with Crippen LogP contribution in [0, 0.1) is 10.5 Å². The molecule has 2 N–H and O–H groups in total. The third kappa shape index (κ3) is 3.44. The standard InChI is InChI=1S/C13H10BrIN2O2/c1-7-2-4-9(12(18)16-7)13(19)17-11-6-8(14)3-5-10(11)15/h2-6H,1H3,(H,16,18)(H,17,19). The average molecular weight is 433 g/mol. The van der Waals surface area contributed by atoms with E-state index in [2.05, 4.69) is 48.8 Å². The fourth-order valence-corrected chi connectivity index (χ4v) is 2.37. The van der Waals surface area contributed by atoms with Gasteiger partial charge in [0, 0.05) is 13.7 Å². The Balaban J connectivity index is 2.31. The number of hydrogen-bond acceptors (Lipinski definition) is 2. The van der Waals surface area contributed by atoms with E-state index < -0.39 is 5.91 Å². The topological polar surface area (TPSA) is 62.0 Å². The van der Waals surface area contributed by atoms with Crippen molar-refractivity contribution in [1.29, 1.82) is 0 Å². The lowest BCUT2D eigenvalue weighted by Crippen LogP contribution is -2.23. The fraction of sp³-hybridized carbons (Fsp3) is 0.0769. The van der Waals surface area contributed by atoms with Crippen LogP contribution in [0.25, 0.3) is 0 Å². The summed E-state index contributed by atoms with van der Waals surface area (Å²) in [4.78, 5) is 26.4. The molecule has 0 radical (unpaired) electrons. The summed E-state index contributed by atoms with van der Waals surface area (Å²) < 4.78 is 1.76. The van der Waals surface area contributed by atoms with Gasteiger partial charge in [-0.3, -0.25) is 9.59 Å². The van der Waals surface area contributed by atoms with Crippen molar-refractivity contribution in [1.82, 2.24) is 4.98 Å². The van der Waals surface area contributed by atoms with Crippen LogP contribution in [-0.4, -0.2) is 10.9 Å². The number of carbonyl (C=O) groups excluding carboxylic acids is 1. The van der Waals surface area contributed by atoms with Crippen molar-refractivity contribution in [3.8, 4) is 0 Å². The zero-order chi connectivity index (χ0) is 14.0. The Labute approximate surface area is 131 Å². The van der Waals surface area contributed by atoms with E-state index in [0.29, 0.717) is 5.69 Å². The minimum absolute atomic E-state index is 0.0985. The Morgan fingerprint density at radius 2 is 2.05 bits per heavy atom. The summed E-state index contributed by atoms with van der Waals surface area (Å²) in [6.07, 6.45) is 0. The van der Waals surface area contributed by atoms with Gasteiger partial charge < -0.3 is 10.3 Å². The quantitative estimate of drug-likeness (QED) is 0.715. The highest BCUT2D eigenvalue weighted by molar-refractivity contribution is 14.1. The molecule has 2 rings (SSSR count). The third-order valence-corrected chi connectivity index (χ3v) is 3.91. The summed E-state index contributed by atoms with van der Waals surface area (Å²) in [6.45, 7) is 1.76. The van der Waals surface area contributed by atoms with Crippen LogP contribution < -0.4 is 10.9 Å². The number of nitrogens with one attached hydrogen (secondary N) is 2. The highest BCUT2D eigenvalue weighted by Gasteiger charge is 2.12. The van der Waals surface area contributed by atoms with Crippen molar-refractivity contribution < 1.29 is 4.79 Å². The average Bonchev–Trinajstić information content (AvgIpc) is 2.33. The zero-order valence-corrected chi connectivity index (χ0v) is 13.7. The number of amides is 1. The van der Waals surface area contributed by atoms with Crippen molar-refractivity contribution in [2.45, 2.75) is 6.92 Å². The van der Waals surface area contributed by atoms with Gasteiger partial charge in [-0.2, -0.15) is 0 Å². The number of hydrogen-bond donors (Lipinski definition) is 2. The predicted molar refractivity (Wildman–Crippen MR) is 86.6 cm³/mol. The molecule has 0 atom stereocenters. The summed E-state index contributed by atoms with van der Waals surface area (Å²) in [6, 6.07) is 8.77. The van der Waals surface area contributed by atoms with Gasteiger partial charge in [0.05, 0.1) is 5.69 Å². The molecule has 4 nitrogen and oxygen atoms in total. The van der Waals surface area contributed by atoms with Gasteiger partial charge in [0.2, 0.25) is 0 Å². The van der Waals surface area contributed by atoms with Crippen LogP contribution in [0.5, 0.6) is 0 Å². The highest BCUT2D eigenvalue weighted by Crippen LogP contribution is 2.23. The molecule has 0 saturated carbocycles. The number of H-pyrrole nitrogens is 1. The van der Waals surface area contributed by atoms with Crippen molar-refractivity contribution in [2.24, 2.45) is 0 Å². The highest BCUT2D eigenvalue weighted by atomic mass is 127. The normalized spacial score (nSPS) is 10.3. The van der Waals surface area contributed by atoms with Crippen molar-refractivity contribution >= 4 is 50.1 Å². The fourth-order valence-electron chi connectivity index (χ4n) is 1.53. The van der Waals surface area contributed by atoms with E-state index >= 15 is 0 Å². The Hall–Kier alpha value is -1.15. The SMILES string of the molecule is Cc1ccc(C(=O)Nc2cc(Br)ccc2I)c(=O)[nH]1. The Morgan fingerprint density at radius 3 is 2.74 bits per heavy atom. The second-order valence-corrected chi connectivity index (χ2v) is 6.04. The number of rotatable bonds is 2. The largest absolute Gasteiger partial charge is 0.326 e. The molecule has 19 heavy (non-hydrogen) atoms. The van der Waals surface area contributed by atoms with Crippen molar-refractivity contribution in [3.63, 3.8) is 0 Å². The molecule has 1 aromatic carbocycles. The Kier molecular flexibility index (Phi) is 4.41. The zero-order valence-electron chi connectivity index (χ0n) is 9.96. The summed E-state index contributed by atoms with van der Waals surface area (Å²) in [5.74, 6) is -0.419. The van der Waals surface area contributed by atoms with Crippen LogP contribution >= 0.6 is 38.5 Å². The number of pyridine rings is 1. The first-order chi connectivity index (χ1) is 8.97. The van der Waals surface area contributed by atoms with Gasteiger partial charge in [0.1, 0.15) is 5.56 Å². The number of aromatic nitrogens is 1. The maximum Gasteiger partial charge on any atom is 0.261 e. The van der Waals surface area contributed by atoms with Gasteiger partial charge >= 0.3 is 0 Å². The molecule has 1 heterocycles. The van der Waals surface area contributed by atoms with Gasteiger partial charge in [0.25, 0.3) is 11.5 Å². The first-order valence-corrected chi connectivity index (χ1v) is 7.31. The molecule has 1 amide bonds. The second-order valence-electron chi connectivity index (χ2n) is 3.96. The number of aryl methyl sites for hydroxylation is 1. The smallest absolute Gasteiger partial charge is 0.261 e.